The van der Waals surface area contributed by atoms with E-state index in [9.17, 15) is 8.78 Å². The second-order valence-corrected chi connectivity index (χ2v) is 6.67. The largest absolute Gasteiger partial charge is 0.454 e. The first kappa shape index (κ1) is 21.4. The summed E-state index contributed by atoms with van der Waals surface area (Å²) in [6.07, 6.45) is 4.40. The minimum atomic E-state index is -2.95. The molecule has 3 N–H and O–H groups in total. The average Bonchev–Trinajstić information content (AvgIpc) is 3.13. The van der Waals surface area contributed by atoms with Crippen molar-refractivity contribution in [3.63, 3.8) is 0 Å². The maximum atomic E-state index is 12.7. The van der Waals surface area contributed by atoms with E-state index < -0.39 is 6.61 Å². The van der Waals surface area contributed by atoms with Gasteiger partial charge in [-0.3, -0.25) is 0 Å². The van der Waals surface area contributed by atoms with E-state index in [2.05, 4.69) is 21.1 Å². The summed E-state index contributed by atoms with van der Waals surface area (Å²) < 4.78 is 40.6. The average molecular weight is 517 g/mol. The minimum absolute atomic E-state index is 0. The van der Waals surface area contributed by atoms with Crippen LogP contribution >= 0.6 is 24.0 Å². The van der Waals surface area contributed by atoms with Gasteiger partial charge in [-0.05, 0) is 48.9 Å². The number of ether oxygens (including phenoxy) is 3. The molecule has 4 rings (SSSR count). The molecule has 0 bridgehead atoms. The van der Waals surface area contributed by atoms with Gasteiger partial charge in [0.25, 0.3) is 0 Å². The van der Waals surface area contributed by atoms with E-state index in [1.54, 1.807) is 6.07 Å². The van der Waals surface area contributed by atoms with Gasteiger partial charge in [-0.1, -0.05) is 12.1 Å². The molecule has 2 aromatic carbocycles. The Labute approximate surface area is 184 Å². The summed E-state index contributed by atoms with van der Waals surface area (Å²) in [5.41, 5.74) is 10.0. The molecular weight excluding hydrogens is 495 g/mol. The molecule has 1 heterocycles. The Hall–Kier alpha value is -2.30. The van der Waals surface area contributed by atoms with Crippen molar-refractivity contribution < 1.29 is 23.0 Å². The lowest BCUT2D eigenvalue weighted by Crippen LogP contribution is -2.24. The third kappa shape index (κ3) is 5.01. The molecule has 0 fully saturated rings. The fraction of sp³-hybridized carbons (Fsp3) is 0.350. The van der Waals surface area contributed by atoms with E-state index in [0.29, 0.717) is 17.1 Å². The maximum absolute atomic E-state index is 12.7. The van der Waals surface area contributed by atoms with Gasteiger partial charge in [0.2, 0.25) is 6.79 Å². The molecule has 1 aliphatic heterocycles. The Kier molecular flexibility index (Phi) is 6.99. The van der Waals surface area contributed by atoms with Crippen LogP contribution in [0, 0.1) is 0 Å². The zero-order chi connectivity index (χ0) is 19.5. The quantitative estimate of drug-likeness (QED) is 0.349. The predicted octanol–water partition coefficient (Wildman–Crippen LogP) is 4.44. The van der Waals surface area contributed by atoms with Crippen LogP contribution in [0.4, 0.5) is 14.5 Å². The van der Waals surface area contributed by atoms with Crippen molar-refractivity contribution in [2.45, 2.75) is 38.8 Å². The van der Waals surface area contributed by atoms with E-state index in [4.69, 9.17) is 15.2 Å². The van der Waals surface area contributed by atoms with E-state index in [-0.39, 0.29) is 49.0 Å². The molecule has 2 aromatic rings. The number of benzene rings is 2. The molecule has 0 radical (unpaired) electrons. The number of nitrogens with two attached hydrogens (primary N) is 1. The fourth-order valence-electron chi connectivity index (χ4n) is 3.54. The van der Waals surface area contributed by atoms with Gasteiger partial charge < -0.3 is 25.3 Å². The summed E-state index contributed by atoms with van der Waals surface area (Å²) in [6.45, 7) is -2.85. The number of aliphatic imine (C=N–C) groups is 1. The van der Waals surface area contributed by atoms with Crippen LogP contribution in [0.3, 0.4) is 0 Å². The number of nitrogens with zero attached hydrogens (tertiary/aromatic N) is 1. The highest BCUT2D eigenvalue weighted by molar-refractivity contribution is 14.0. The maximum Gasteiger partial charge on any atom is 0.387 e. The molecule has 6 nitrogen and oxygen atoms in total. The van der Waals surface area contributed by atoms with Gasteiger partial charge >= 0.3 is 6.61 Å². The molecular formula is C20H22F2IN3O3. The highest BCUT2D eigenvalue weighted by atomic mass is 127. The summed E-state index contributed by atoms with van der Waals surface area (Å²) in [5.74, 6) is 1.04. The van der Waals surface area contributed by atoms with Crippen molar-refractivity contribution in [2.24, 2.45) is 10.7 Å². The summed E-state index contributed by atoms with van der Waals surface area (Å²) in [5, 5.41) is 3.14. The molecule has 0 aromatic heterocycles. The molecule has 0 amide bonds. The number of fused-ring (bicyclic) bond motifs is 2. The number of alkyl halides is 2. The van der Waals surface area contributed by atoms with Crippen LogP contribution < -0.4 is 25.3 Å². The first-order chi connectivity index (χ1) is 13.6. The van der Waals surface area contributed by atoms with Crippen molar-refractivity contribution in [3.8, 4) is 17.2 Å². The van der Waals surface area contributed by atoms with Crippen molar-refractivity contribution in [2.75, 3.05) is 12.1 Å². The van der Waals surface area contributed by atoms with Gasteiger partial charge in [0.05, 0.1) is 6.54 Å². The number of hydrogen-bond donors (Lipinski definition) is 2. The van der Waals surface area contributed by atoms with Gasteiger partial charge in [-0.25, -0.2) is 4.99 Å². The first-order valence-corrected chi connectivity index (χ1v) is 9.15. The summed E-state index contributed by atoms with van der Waals surface area (Å²) >= 11 is 0. The summed E-state index contributed by atoms with van der Waals surface area (Å²) in [7, 11) is 0. The molecule has 0 unspecified atom stereocenters. The Morgan fingerprint density at radius 3 is 2.72 bits per heavy atom. The van der Waals surface area contributed by atoms with Gasteiger partial charge in [0, 0.05) is 17.3 Å². The highest BCUT2D eigenvalue weighted by Crippen LogP contribution is 2.39. The van der Waals surface area contributed by atoms with Crippen LogP contribution in [0.1, 0.15) is 29.5 Å². The van der Waals surface area contributed by atoms with Crippen LogP contribution in [-0.2, 0) is 19.4 Å². The highest BCUT2D eigenvalue weighted by Gasteiger charge is 2.20. The Balaban J connectivity index is 0.00000240. The van der Waals surface area contributed by atoms with E-state index in [1.165, 1.54) is 23.6 Å². The van der Waals surface area contributed by atoms with Crippen molar-refractivity contribution >= 4 is 35.6 Å². The SMILES string of the molecule is I.NC(=NCc1cc2c(cc1OC(F)F)OCO2)Nc1cccc2c1CCCC2. The molecule has 0 saturated carbocycles. The predicted molar refractivity (Wildman–Crippen MR) is 117 cm³/mol. The van der Waals surface area contributed by atoms with E-state index in [1.807, 2.05) is 12.1 Å². The molecule has 0 atom stereocenters. The fourth-order valence-corrected chi connectivity index (χ4v) is 3.54. The number of halogens is 3. The second kappa shape index (κ2) is 9.47. The van der Waals surface area contributed by atoms with Gasteiger partial charge in [-0.2, -0.15) is 8.78 Å². The zero-order valence-corrected chi connectivity index (χ0v) is 18.0. The number of aryl methyl sites for hydroxylation is 1. The number of hydrogen-bond acceptors (Lipinski definition) is 4. The smallest absolute Gasteiger partial charge is 0.387 e. The molecule has 9 heteroatoms. The van der Waals surface area contributed by atoms with Crippen LogP contribution in [-0.4, -0.2) is 19.4 Å². The van der Waals surface area contributed by atoms with Crippen molar-refractivity contribution in [1.82, 2.24) is 0 Å². The zero-order valence-electron chi connectivity index (χ0n) is 15.6. The van der Waals surface area contributed by atoms with Gasteiger partial charge in [-0.15, -0.1) is 24.0 Å². The number of guanidine groups is 1. The third-order valence-electron chi connectivity index (χ3n) is 4.85. The first-order valence-electron chi connectivity index (χ1n) is 9.15. The third-order valence-corrected chi connectivity index (χ3v) is 4.85. The molecule has 2 aliphatic rings. The second-order valence-electron chi connectivity index (χ2n) is 6.67. The summed E-state index contributed by atoms with van der Waals surface area (Å²) in [4.78, 5) is 4.29. The molecule has 0 saturated heterocycles. The van der Waals surface area contributed by atoms with Crippen LogP contribution in [0.5, 0.6) is 17.2 Å². The monoisotopic (exact) mass is 517 g/mol. The normalized spacial score (nSPS) is 14.9. The van der Waals surface area contributed by atoms with Crippen LogP contribution in [0.2, 0.25) is 0 Å². The lowest BCUT2D eigenvalue weighted by atomic mass is 9.90. The van der Waals surface area contributed by atoms with Gasteiger partial charge in [0.15, 0.2) is 17.5 Å². The van der Waals surface area contributed by atoms with E-state index in [0.717, 1.165) is 24.9 Å². The number of anilines is 1. The standard InChI is InChI=1S/C20H21F2N3O3.HI/c21-19(22)28-16-9-18-17(26-11-27-18)8-13(16)10-24-20(23)25-15-7-3-5-12-4-1-2-6-14(12)15;/h3,5,7-9,19H,1-2,4,6,10-11H2,(H3,23,24,25);1H. The van der Waals surface area contributed by atoms with Crippen molar-refractivity contribution in [3.05, 3.63) is 47.0 Å². The Morgan fingerprint density at radius 2 is 1.93 bits per heavy atom. The lowest BCUT2D eigenvalue weighted by Gasteiger charge is -2.19. The topological polar surface area (TPSA) is 78.1 Å². The molecule has 156 valence electrons. The van der Waals surface area contributed by atoms with Crippen molar-refractivity contribution in [1.29, 1.82) is 0 Å². The van der Waals surface area contributed by atoms with E-state index >= 15 is 0 Å². The molecule has 29 heavy (non-hydrogen) atoms. The molecule has 0 spiro atoms. The summed E-state index contributed by atoms with van der Waals surface area (Å²) in [6, 6.07) is 9.07. The minimum Gasteiger partial charge on any atom is -0.454 e. The Bertz CT molecular complexity index is 909. The van der Waals surface area contributed by atoms with Crippen LogP contribution in [0.15, 0.2) is 35.3 Å². The lowest BCUT2D eigenvalue weighted by molar-refractivity contribution is -0.0505. The number of rotatable bonds is 5. The van der Waals surface area contributed by atoms with Crippen LogP contribution in [0.25, 0.3) is 0 Å². The molecule has 1 aliphatic carbocycles. The number of nitrogens with one attached hydrogen (secondary N) is 1. The Morgan fingerprint density at radius 1 is 1.17 bits per heavy atom. The van der Waals surface area contributed by atoms with Gasteiger partial charge in [0.1, 0.15) is 5.75 Å².